The molecule has 0 aliphatic rings. The first kappa shape index (κ1) is 17.7. The minimum atomic E-state index is -0.390. The molecule has 1 atom stereocenters. The Bertz CT molecular complexity index is 745. The first-order chi connectivity index (χ1) is 11.5. The zero-order valence-corrected chi connectivity index (χ0v) is 14.3. The molecule has 2 N–H and O–H groups in total. The van der Waals surface area contributed by atoms with Crippen LogP contribution >= 0.6 is 0 Å². The number of nitrogens with zero attached hydrogens (tertiary/aromatic N) is 2. The van der Waals surface area contributed by atoms with Crippen molar-refractivity contribution in [3.05, 3.63) is 72.1 Å². The number of aliphatic hydroxyl groups excluding tert-OH is 1. The minimum absolute atomic E-state index is 0.104. The lowest BCUT2D eigenvalue weighted by molar-refractivity contribution is 0.269. The Morgan fingerprint density at radius 2 is 2.12 bits per heavy atom. The van der Waals surface area contributed by atoms with E-state index in [4.69, 9.17) is 4.42 Å². The third kappa shape index (κ3) is 4.43. The Hall–Kier alpha value is -2.66. The zero-order valence-electron chi connectivity index (χ0n) is 14.3. The Morgan fingerprint density at radius 3 is 2.62 bits per heavy atom. The van der Waals surface area contributed by atoms with Crippen LogP contribution in [-0.4, -0.2) is 22.5 Å². The fourth-order valence-corrected chi connectivity index (χ4v) is 2.26. The molecule has 0 saturated carbocycles. The maximum absolute atomic E-state index is 9.78. The molecule has 0 bridgehead atoms. The minimum Gasteiger partial charge on any atom is -0.441 e. The molecule has 1 unspecified atom stereocenters. The van der Waals surface area contributed by atoms with Gasteiger partial charge >= 0.3 is 0 Å². The van der Waals surface area contributed by atoms with Gasteiger partial charge in [-0.1, -0.05) is 43.0 Å². The lowest BCUT2D eigenvalue weighted by Crippen LogP contribution is -2.24. The summed E-state index contributed by atoms with van der Waals surface area (Å²) in [7, 11) is 0. The smallest absolute Gasteiger partial charge is 0.229 e. The summed E-state index contributed by atoms with van der Waals surface area (Å²) >= 11 is 0. The van der Waals surface area contributed by atoms with Crippen LogP contribution in [0.25, 0.3) is 5.57 Å². The van der Waals surface area contributed by atoms with Crippen LogP contribution in [0.1, 0.15) is 37.1 Å². The van der Waals surface area contributed by atoms with Gasteiger partial charge in [0.25, 0.3) is 0 Å². The number of aliphatic hydroxyl groups is 1. The average Bonchev–Trinajstić information content (AvgIpc) is 2.99. The van der Waals surface area contributed by atoms with Crippen molar-refractivity contribution in [2.45, 2.75) is 26.8 Å². The molecule has 24 heavy (non-hydrogen) atoms. The molecule has 0 fully saturated rings. The largest absolute Gasteiger partial charge is 0.441 e. The van der Waals surface area contributed by atoms with Crippen LogP contribution in [-0.2, 0) is 0 Å². The Kier molecular flexibility index (Phi) is 6.09. The van der Waals surface area contributed by atoms with Gasteiger partial charge in [-0.3, -0.25) is 4.99 Å². The third-order valence-electron chi connectivity index (χ3n) is 3.37. The van der Waals surface area contributed by atoms with Gasteiger partial charge in [-0.15, -0.1) is 0 Å². The van der Waals surface area contributed by atoms with E-state index in [-0.39, 0.29) is 12.6 Å². The standard InChI is InChI=1S/C19H23N3O2/c1-5-16(19-20-11-14(4)24-19)18(21-13(2)3)22-17(12-23)15-9-7-6-8-10-15/h5-11,17,23H,2,12H2,1,3-4H3,(H,21,22)/b16-5+. The highest BCUT2D eigenvalue weighted by Gasteiger charge is 2.17. The van der Waals surface area contributed by atoms with Crippen LogP contribution in [0.15, 0.2) is 64.3 Å². The number of aryl methyl sites for hydroxylation is 1. The van der Waals surface area contributed by atoms with Crippen molar-refractivity contribution in [1.82, 2.24) is 10.3 Å². The van der Waals surface area contributed by atoms with Crippen LogP contribution in [0.3, 0.4) is 0 Å². The van der Waals surface area contributed by atoms with E-state index in [0.29, 0.717) is 11.7 Å². The molecule has 0 radical (unpaired) electrons. The molecule has 2 rings (SSSR count). The van der Waals surface area contributed by atoms with Gasteiger partial charge in [0.15, 0.2) is 0 Å². The van der Waals surface area contributed by atoms with E-state index in [0.717, 1.165) is 22.6 Å². The number of oxazole rings is 1. The summed E-state index contributed by atoms with van der Waals surface area (Å²) in [5, 5.41) is 12.9. The number of allylic oxidation sites excluding steroid dienone is 2. The summed E-state index contributed by atoms with van der Waals surface area (Å²) in [6.07, 6.45) is 3.54. The number of amidine groups is 1. The molecule has 0 saturated heterocycles. The second-order valence-electron chi connectivity index (χ2n) is 5.47. The van der Waals surface area contributed by atoms with E-state index in [1.165, 1.54) is 0 Å². The fourth-order valence-electron chi connectivity index (χ4n) is 2.26. The highest BCUT2D eigenvalue weighted by Crippen LogP contribution is 2.21. The highest BCUT2D eigenvalue weighted by atomic mass is 16.4. The predicted molar refractivity (Wildman–Crippen MR) is 96.5 cm³/mol. The number of hydrogen-bond acceptors (Lipinski definition) is 4. The van der Waals surface area contributed by atoms with Crippen molar-refractivity contribution in [2.75, 3.05) is 6.61 Å². The third-order valence-corrected chi connectivity index (χ3v) is 3.37. The molecular formula is C19H23N3O2. The lowest BCUT2D eigenvalue weighted by Gasteiger charge is -2.16. The molecular weight excluding hydrogens is 302 g/mol. The van der Waals surface area contributed by atoms with E-state index >= 15 is 0 Å². The van der Waals surface area contributed by atoms with E-state index in [1.54, 1.807) is 6.20 Å². The normalized spacial score (nSPS) is 13.7. The van der Waals surface area contributed by atoms with E-state index in [2.05, 4.69) is 21.9 Å². The van der Waals surface area contributed by atoms with Gasteiger partial charge in [0, 0.05) is 5.70 Å². The number of hydrogen-bond donors (Lipinski definition) is 2. The topological polar surface area (TPSA) is 70.7 Å². The molecule has 1 aromatic heterocycles. The molecule has 0 spiro atoms. The van der Waals surface area contributed by atoms with Crippen molar-refractivity contribution in [3.63, 3.8) is 0 Å². The van der Waals surface area contributed by atoms with E-state index < -0.39 is 0 Å². The predicted octanol–water partition coefficient (Wildman–Crippen LogP) is 3.64. The monoisotopic (exact) mass is 325 g/mol. The molecule has 0 aliphatic heterocycles. The first-order valence-electron chi connectivity index (χ1n) is 7.80. The molecule has 5 heteroatoms. The van der Waals surface area contributed by atoms with Gasteiger partial charge in [-0.2, -0.15) is 0 Å². The second kappa shape index (κ2) is 8.26. The van der Waals surface area contributed by atoms with Gasteiger partial charge in [0.2, 0.25) is 5.89 Å². The van der Waals surface area contributed by atoms with Crippen LogP contribution in [0.4, 0.5) is 0 Å². The fraction of sp³-hybridized carbons (Fsp3) is 0.263. The van der Waals surface area contributed by atoms with E-state index in [9.17, 15) is 5.11 Å². The molecule has 0 amide bonds. The zero-order chi connectivity index (χ0) is 17.5. The van der Waals surface area contributed by atoms with Crippen molar-refractivity contribution < 1.29 is 9.52 Å². The molecule has 1 heterocycles. The first-order valence-corrected chi connectivity index (χ1v) is 7.80. The van der Waals surface area contributed by atoms with Crippen LogP contribution in [0.5, 0.6) is 0 Å². The van der Waals surface area contributed by atoms with Crippen LogP contribution in [0.2, 0.25) is 0 Å². The summed E-state index contributed by atoms with van der Waals surface area (Å²) in [4.78, 5) is 8.96. The highest BCUT2D eigenvalue weighted by molar-refractivity contribution is 6.21. The molecule has 126 valence electrons. The number of nitrogens with one attached hydrogen (secondary N) is 1. The van der Waals surface area contributed by atoms with Gasteiger partial charge in [-0.05, 0) is 26.3 Å². The average molecular weight is 325 g/mol. The Balaban J connectivity index is 2.44. The number of aromatic nitrogens is 1. The number of rotatable bonds is 6. The summed E-state index contributed by atoms with van der Waals surface area (Å²) < 4.78 is 5.63. The second-order valence-corrected chi connectivity index (χ2v) is 5.47. The van der Waals surface area contributed by atoms with E-state index in [1.807, 2.05) is 57.2 Å². The molecule has 0 aliphatic carbocycles. The van der Waals surface area contributed by atoms with Gasteiger partial charge < -0.3 is 14.8 Å². The van der Waals surface area contributed by atoms with Gasteiger partial charge in [0.05, 0.1) is 18.4 Å². The van der Waals surface area contributed by atoms with Crippen molar-refractivity contribution >= 4 is 11.4 Å². The number of aliphatic imine (C=N–C) groups is 1. The SMILES string of the molecule is C=C(C)NC(=NC(CO)c1ccccc1)/C(=C\C)c1ncc(C)o1. The van der Waals surface area contributed by atoms with Gasteiger partial charge in [-0.25, -0.2) is 4.98 Å². The van der Waals surface area contributed by atoms with Crippen LogP contribution < -0.4 is 5.32 Å². The van der Waals surface area contributed by atoms with Gasteiger partial charge in [0.1, 0.15) is 17.6 Å². The quantitative estimate of drug-likeness (QED) is 0.628. The number of benzene rings is 1. The molecule has 5 nitrogen and oxygen atoms in total. The van der Waals surface area contributed by atoms with Crippen molar-refractivity contribution in [3.8, 4) is 0 Å². The summed E-state index contributed by atoms with van der Waals surface area (Å²) in [5.41, 5.74) is 2.39. The lowest BCUT2D eigenvalue weighted by atomic mass is 10.1. The van der Waals surface area contributed by atoms with Crippen LogP contribution in [0, 0.1) is 6.92 Å². The Morgan fingerprint density at radius 1 is 1.42 bits per heavy atom. The summed E-state index contributed by atoms with van der Waals surface area (Å²) in [6.45, 7) is 9.36. The van der Waals surface area contributed by atoms with Crippen molar-refractivity contribution in [2.24, 2.45) is 4.99 Å². The molecule has 1 aromatic carbocycles. The molecule has 2 aromatic rings. The maximum Gasteiger partial charge on any atom is 0.229 e. The van der Waals surface area contributed by atoms with Crippen molar-refractivity contribution in [1.29, 1.82) is 0 Å². The Labute approximate surface area is 142 Å². The maximum atomic E-state index is 9.78. The summed E-state index contributed by atoms with van der Waals surface area (Å²) in [6, 6.07) is 9.27. The summed E-state index contributed by atoms with van der Waals surface area (Å²) in [5.74, 6) is 1.77.